The quantitative estimate of drug-likeness (QED) is 0.0222. The van der Waals surface area contributed by atoms with Gasteiger partial charge in [-0.15, -0.1) is 0 Å². The normalized spacial score (nSPS) is 14.4. The molecule has 19 heteroatoms. The van der Waals surface area contributed by atoms with E-state index in [-0.39, 0.29) is 25.7 Å². The molecule has 0 radical (unpaired) electrons. The average Bonchev–Trinajstić information content (AvgIpc) is 1.62. The minimum absolute atomic E-state index is 0.105. The van der Waals surface area contributed by atoms with Crippen LogP contribution in [-0.2, 0) is 65.4 Å². The largest absolute Gasteiger partial charge is 0.472 e. The van der Waals surface area contributed by atoms with Crippen molar-refractivity contribution in [2.45, 2.75) is 394 Å². The maximum Gasteiger partial charge on any atom is 0.472 e. The van der Waals surface area contributed by atoms with Crippen LogP contribution < -0.4 is 0 Å². The molecule has 0 saturated heterocycles. The Balaban J connectivity index is 5.16. The molecular formula is C74H144O17P2. The number of unbranched alkanes of at least 4 members (excludes halogenated alkanes) is 39. The van der Waals surface area contributed by atoms with Crippen LogP contribution in [0.15, 0.2) is 0 Å². The summed E-state index contributed by atoms with van der Waals surface area (Å²) in [5, 5.41) is 10.6. The van der Waals surface area contributed by atoms with Crippen molar-refractivity contribution in [3.63, 3.8) is 0 Å². The summed E-state index contributed by atoms with van der Waals surface area (Å²) < 4.78 is 68.2. The molecule has 3 N–H and O–H groups in total. The molecule has 0 aromatic rings. The van der Waals surface area contributed by atoms with Crippen molar-refractivity contribution < 1.29 is 80.2 Å². The second-order valence-corrected chi connectivity index (χ2v) is 30.8. The van der Waals surface area contributed by atoms with Crippen LogP contribution in [0.25, 0.3) is 0 Å². The monoisotopic (exact) mass is 1370 g/mol. The molecule has 0 amide bonds. The van der Waals surface area contributed by atoms with Gasteiger partial charge in [0.05, 0.1) is 26.4 Å². The number of esters is 4. The van der Waals surface area contributed by atoms with Crippen LogP contribution in [0.2, 0.25) is 0 Å². The van der Waals surface area contributed by atoms with Gasteiger partial charge in [-0.2, -0.15) is 0 Å². The molecule has 0 aliphatic rings. The highest BCUT2D eigenvalue weighted by atomic mass is 31.2. The van der Waals surface area contributed by atoms with E-state index in [1.807, 2.05) is 0 Å². The van der Waals surface area contributed by atoms with E-state index in [4.69, 9.17) is 37.0 Å². The highest BCUT2D eigenvalue weighted by Crippen LogP contribution is 2.45. The lowest BCUT2D eigenvalue weighted by Crippen LogP contribution is -2.30. The zero-order valence-corrected chi connectivity index (χ0v) is 62.5. The first-order valence-electron chi connectivity index (χ1n) is 38.4. The Labute approximate surface area is 568 Å². The third-order valence-corrected chi connectivity index (χ3v) is 19.4. The van der Waals surface area contributed by atoms with Gasteiger partial charge in [-0.1, -0.05) is 325 Å². The minimum Gasteiger partial charge on any atom is -0.462 e. The van der Waals surface area contributed by atoms with Crippen molar-refractivity contribution in [2.24, 2.45) is 17.8 Å². The average molecular weight is 1370 g/mol. The number of hydrogen-bond acceptors (Lipinski definition) is 15. The first kappa shape index (κ1) is 91.1. The molecule has 0 bridgehead atoms. The third kappa shape index (κ3) is 67.0. The highest BCUT2D eigenvalue weighted by Gasteiger charge is 2.30. The summed E-state index contributed by atoms with van der Waals surface area (Å²) in [6, 6.07) is 0. The summed E-state index contributed by atoms with van der Waals surface area (Å²) in [6.45, 7) is 11.9. The van der Waals surface area contributed by atoms with Gasteiger partial charge < -0.3 is 33.8 Å². The molecule has 3 unspecified atom stereocenters. The van der Waals surface area contributed by atoms with Gasteiger partial charge >= 0.3 is 39.5 Å². The first-order chi connectivity index (χ1) is 44.8. The van der Waals surface area contributed by atoms with Gasteiger partial charge in [-0.3, -0.25) is 37.3 Å². The van der Waals surface area contributed by atoms with Crippen molar-refractivity contribution in [3.8, 4) is 0 Å². The zero-order chi connectivity index (χ0) is 68.7. The van der Waals surface area contributed by atoms with Crippen LogP contribution >= 0.6 is 15.6 Å². The Morgan fingerprint density at radius 2 is 0.548 bits per heavy atom. The van der Waals surface area contributed by atoms with Crippen LogP contribution in [-0.4, -0.2) is 96.7 Å². The molecule has 0 spiro atoms. The smallest absolute Gasteiger partial charge is 0.462 e. The molecule has 0 saturated carbocycles. The molecule has 0 aliphatic carbocycles. The second-order valence-electron chi connectivity index (χ2n) is 27.9. The maximum absolute atomic E-state index is 13.1. The number of carbonyl (C=O) groups excluding carboxylic acids is 4. The molecule has 0 rings (SSSR count). The number of aliphatic hydroxyl groups is 1. The zero-order valence-electron chi connectivity index (χ0n) is 60.7. The number of rotatable bonds is 72. The molecule has 0 aliphatic heterocycles. The Kier molecular flexibility index (Phi) is 63.4. The number of aliphatic hydroxyl groups excluding tert-OH is 1. The third-order valence-electron chi connectivity index (χ3n) is 17.5. The van der Waals surface area contributed by atoms with Gasteiger partial charge in [0.1, 0.15) is 19.3 Å². The van der Waals surface area contributed by atoms with Gasteiger partial charge in [0.15, 0.2) is 12.2 Å². The lowest BCUT2D eigenvalue weighted by atomic mass is 9.99. The minimum atomic E-state index is -4.95. The summed E-state index contributed by atoms with van der Waals surface area (Å²) in [5.74, 6) is 0.272. The maximum atomic E-state index is 13.1. The molecule has 0 aromatic heterocycles. The van der Waals surface area contributed by atoms with Crippen molar-refractivity contribution in [1.82, 2.24) is 0 Å². The molecule has 0 fully saturated rings. The predicted octanol–water partition coefficient (Wildman–Crippen LogP) is 21.4. The van der Waals surface area contributed by atoms with Crippen molar-refractivity contribution in [2.75, 3.05) is 39.6 Å². The summed E-state index contributed by atoms with van der Waals surface area (Å²) in [5.41, 5.74) is 0. The summed E-state index contributed by atoms with van der Waals surface area (Å²) in [6.07, 6.45) is 50.2. The van der Waals surface area contributed by atoms with Gasteiger partial charge in [0.2, 0.25) is 0 Å². The topological polar surface area (TPSA) is 237 Å². The first-order valence-corrected chi connectivity index (χ1v) is 41.4. The van der Waals surface area contributed by atoms with E-state index in [1.54, 1.807) is 0 Å². The highest BCUT2D eigenvalue weighted by molar-refractivity contribution is 7.47. The predicted molar refractivity (Wildman–Crippen MR) is 377 cm³/mol. The second kappa shape index (κ2) is 64.7. The Morgan fingerprint density at radius 1 is 0.312 bits per heavy atom. The Hall–Kier alpha value is -1.94. The van der Waals surface area contributed by atoms with E-state index in [9.17, 15) is 43.2 Å². The summed E-state index contributed by atoms with van der Waals surface area (Å²) in [4.78, 5) is 72.5. The number of carbonyl (C=O) groups is 4. The summed E-state index contributed by atoms with van der Waals surface area (Å²) in [7, 11) is -9.90. The lowest BCUT2D eigenvalue weighted by Gasteiger charge is -2.21. The van der Waals surface area contributed by atoms with Crippen LogP contribution in [0.4, 0.5) is 0 Å². The molecule has 0 aromatic carbocycles. The summed E-state index contributed by atoms with van der Waals surface area (Å²) >= 11 is 0. The van der Waals surface area contributed by atoms with E-state index >= 15 is 0 Å². The lowest BCUT2D eigenvalue weighted by molar-refractivity contribution is -0.161. The Morgan fingerprint density at radius 3 is 0.817 bits per heavy atom. The van der Waals surface area contributed by atoms with Gasteiger partial charge in [0, 0.05) is 25.7 Å². The van der Waals surface area contributed by atoms with Crippen LogP contribution in [0.3, 0.4) is 0 Å². The van der Waals surface area contributed by atoms with E-state index < -0.39 is 97.5 Å². The van der Waals surface area contributed by atoms with Gasteiger partial charge in [-0.05, 0) is 43.4 Å². The van der Waals surface area contributed by atoms with Crippen molar-refractivity contribution in [3.05, 3.63) is 0 Å². The van der Waals surface area contributed by atoms with Crippen LogP contribution in [0, 0.1) is 17.8 Å². The molecule has 0 heterocycles. The van der Waals surface area contributed by atoms with Gasteiger partial charge in [0.25, 0.3) is 0 Å². The Bertz CT molecular complexity index is 1820. The number of phosphoric ester groups is 2. The van der Waals surface area contributed by atoms with E-state index in [2.05, 4.69) is 48.5 Å². The van der Waals surface area contributed by atoms with E-state index in [1.165, 1.54) is 180 Å². The molecule has 552 valence electrons. The molecular weight excluding hydrogens is 1220 g/mol. The molecule has 6 atom stereocenters. The van der Waals surface area contributed by atoms with Crippen LogP contribution in [0.1, 0.15) is 376 Å². The standard InChI is InChI=1S/C74H144O17P2/c1-8-10-11-38-48-55-71(76)84-61-69(90-73(78)58-51-44-37-31-25-19-21-27-33-40-46-53-66(5)6)63-88-92(80,81)86-59-68(75)60-87-93(82,83)89-64-70(62-85-72(77)56-49-42-35-29-23-18-14-15-20-26-32-39-45-52-65(3)4)91-74(79)57-50-43-36-30-24-17-13-12-16-22-28-34-41-47-54-67(7)9-2/h65-70,75H,8-64H2,1-7H3,(H,80,81)(H,82,83)/t67?,68-,69+,70+/m0/s1. The van der Waals surface area contributed by atoms with E-state index in [0.29, 0.717) is 25.7 Å². The van der Waals surface area contributed by atoms with E-state index in [0.717, 1.165) is 114 Å². The number of phosphoric acid groups is 2. The van der Waals surface area contributed by atoms with Crippen LogP contribution in [0.5, 0.6) is 0 Å². The van der Waals surface area contributed by atoms with Crippen molar-refractivity contribution >= 4 is 39.5 Å². The fourth-order valence-electron chi connectivity index (χ4n) is 11.2. The molecule has 17 nitrogen and oxygen atoms in total. The number of hydrogen-bond donors (Lipinski definition) is 3. The van der Waals surface area contributed by atoms with Crippen molar-refractivity contribution in [1.29, 1.82) is 0 Å². The van der Waals surface area contributed by atoms with Gasteiger partial charge in [-0.25, -0.2) is 9.13 Å². The molecule has 93 heavy (non-hydrogen) atoms. The SMILES string of the molecule is CCCCCCCC(=O)OC[C@H](COP(=O)(O)OC[C@H](O)COP(=O)(O)OC[C@@H](COC(=O)CCCCCCCCCCCCCCCC(C)C)OC(=O)CCCCCCCCCCCCCCCCC(C)CC)OC(=O)CCCCCCCCCCCCCC(C)C. The fraction of sp³-hybridized carbons (Fsp3) is 0.946. The fourth-order valence-corrected chi connectivity index (χ4v) is 12.8. The number of ether oxygens (including phenoxy) is 4.